The number of hydrogen-bond donors (Lipinski definition) is 1. The van der Waals surface area contributed by atoms with Gasteiger partial charge in [0.15, 0.2) is 0 Å². The van der Waals surface area contributed by atoms with E-state index in [2.05, 4.69) is 33.9 Å². The van der Waals surface area contributed by atoms with Gasteiger partial charge in [-0.1, -0.05) is 25.1 Å². The van der Waals surface area contributed by atoms with Gasteiger partial charge in [0, 0.05) is 11.6 Å². The molecule has 1 aromatic carbocycles. The number of pyridine rings is 1. The van der Waals surface area contributed by atoms with E-state index in [1.807, 2.05) is 12.1 Å². The number of fused-ring (bicyclic) bond motifs is 1. The van der Waals surface area contributed by atoms with Gasteiger partial charge < -0.3 is 5.73 Å². The number of nitrogen functional groups attached to an aromatic ring is 1. The van der Waals surface area contributed by atoms with Gasteiger partial charge in [-0.15, -0.1) is 0 Å². The maximum absolute atomic E-state index is 5.95. The Balaban J connectivity index is 2.86. The van der Waals surface area contributed by atoms with Crippen LogP contribution in [0.1, 0.15) is 12.5 Å². The van der Waals surface area contributed by atoms with Crippen molar-refractivity contribution in [3.05, 3.63) is 34.4 Å². The standard InChI is InChI=1S/C11H11BrN2/c1-2-7-4-3-5-8-10(13)9(12)6-14-11(7)8/h3-6H,2H2,1H3,(H2,13,14). The fourth-order valence-electron chi connectivity index (χ4n) is 1.57. The van der Waals surface area contributed by atoms with Gasteiger partial charge in [-0.05, 0) is 27.9 Å². The van der Waals surface area contributed by atoms with Crippen molar-refractivity contribution in [2.45, 2.75) is 13.3 Å². The molecule has 0 fully saturated rings. The van der Waals surface area contributed by atoms with Crippen molar-refractivity contribution >= 4 is 32.5 Å². The van der Waals surface area contributed by atoms with Crippen molar-refractivity contribution in [3.63, 3.8) is 0 Å². The second kappa shape index (κ2) is 3.58. The summed E-state index contributed by atoms with van der Waals surface area (Å²) < 4.78 is 0.859. The van der Waals surface area contributed by atoms with Gasteiger partial charge in [0.1, 0.15) is 0 Å². The molecule has 0 saturated heterocycles. The van der Waals surface area contributed by atoms with Gasteiger partial charge in [0.05, 0.1) is 15.7 Å². The summed E-state index contributed by atoms with van der Waals surface area (Å²) in [5.41, 5.74) is 8.97. The van der Waals surface area contributed by atoms with Crippen molar-refractivity contribution < 1.29 is 0 Å². The normalized spacial score (nSPS) is 10.7. The quantitative estimate of drug-likeness (QED) is 0.845. The Bertz CT molecular complexity index is 480. The van der Waals surface area contributed by atoms with E-state index in [0.29, 0.717) is 0 Å². The van der Waals surface area contributed by atoms with Crippen molar-refractivity contribution in [2.75, 3.05) is 5.73 Å². The van der Waals surface area contributed by atoms with Gasteiger partial charge in [-0.25, -0.2) is 0 Å². The van der Waals surface area contributed by atoms with Crippen LogP contribution in [-0.2, 0) is 6.42 Å². The summed E-state index contributed by atoms with van der Waals surface area (Å²) in [5.74, 6) is 0. The van der Waals surface area contributed by atoms with E-state index in [4.69, 9.17) is 5.73 Å². The van der Waals surface area contributed by atoms with E-state index in [1.165, 1.54) is 5.56 Å². The van der Waals surface area contributed by atoms with Crippen LogP contribution in [0.3, 0.4) is 0 Å². The fraction of sp³-hybridized carbons (Fsp3) is 0.182. The van der Waals surface area contributed by atoms with Crippen LogP contribution in [0.2, 0.25) is 0 Å². The average Bonchev–Trinajstić information content (AvgIpc) is 2.23. The number of para-hydroxylation sites is 1. The zero-order valence-electron chi connectivity index (χ0n) is 7.92. The first-order chi connectivity index (χ1) is 6.74. The SMILES string of the molecule is CCc1cccc2c(N)c(Br)cnc12. The first-order valence-electron chi connectivity index (χ1n) is 4.55. The molecule has 2 nitrogen and oxygen atoms in total. The number of hydrogen-bond acceptors (Lipinski definition) is 2. The van der Waals surface area contributed by atoms with Crippen LogP contribution in [0.4, 0.5) is 5.69 Å². The molecule has 0 unspecified atom stereocenters. The fourth-order valence-corrected chi connectivity index (χ4v) is 1.88. The number of nitrogens with two attached hydrogens (primary N) is 1. The molecule has 3 heteroatoms. The lowest BCUT2D eigenvalue weighted by molar-refractivity contribution is 1.14. The molecule has 2 N–H and O–H groups in total. The van der Waals surface area contributed by atoms with Gasteiger partial charge in [0.25, 0.3) is 0 Å². The molecule has 2 aromatic rings. The summed E-state index contributed by atoms with van der Waals surface area (Å²) >= 11 is 3.38. The van der Waals surface area contributed by atoms with Crippen LogP contribution in [0.25, 0.3) is 10.9 Å². The van der Waals surface area contributed by atoms with Crippen LogP contribution in [0.15, 0.2) is 28.9 Å². The van der Waals surface area contributed by atoms with Crippen LogP contribution in [0, 0.1) is 0 Å². The number of anilines is 1. The van der Waals surface area contributed by atoms with Crippen LogP contribution < -0.4 is 5.73 Å². The van der Waals surface area contributed by atoms with Crippen molar-refractivity contribution in [1.29, 1.82) is 0 Å². The van der Waals surface area contributed by atoms with E-state index in [9.17, 15) is 0 Å². The lowest BCUT2D eigenvalue weighted by Gasteiger charge is -2.06. The van der Waals surface area contributed by atoms with Gasteiger partial charge >= 0.3 is 0 Å². The lowest BCUT2D eigenvalue weighted by atomic mass is 10.1. The predicted molar refractivity (Wildman–Crippen MR) is 63.2 cm³/mol. The largest absolute Gasteiger partial charge is 0.397 e. The summed E-state index contributed by atoms with van der Waals surface area (Å²) in [6, 6.07) is 6.11. The Hall–Kier alpha value is -1.09. The highest BCUT2D eigenvalue weighted by Gasteiger charge is 2.05. The topological polar surface area (TPSA) is 38.9 Å². The van der Waals surface area contributed by atoms with E-state index in [1.54, 1.807) is 6.20 Å². The number of halogens is 1. The van der Waals surface area contributed by atoms with E-state index >= 15 is 0 Å². The Morgan fingerprint density at radius 1 is 1.43 bits per heavy atom. The number of nitrogens with zero attached hydrogens (tertiary/aromatic N) is 1. The molecular formula is C11H11BrN2. The molecule has 0 aliphatic carbocycles. The minimum atomic E-state index is 0.769. The van der Waals surface area contributed by atoms with Crippen molar-refractivity contribution in [1.82, 2.24) is 4.98 Å². The monoisotopic (exact) mass is 250 g/mol. The lowest BCUT2D eigenvalue weighted by Crippen LogP contribution is -1.93. The predicted octanol–water partition coefficient (Wildman–Crippen LogP) is 3.14. The molecule has 0 spiro atoms. The van der Waals surface area contributed by atoms with E-state index in [0.717, 1.165) is 27.5 Å². The summed E-state index contributed by atoms with van der Waals surface area (Å²) in [4.78, 5) is 4.39. The molecule has 1 aromatic heterocycles. The van der Waals surface area contributed by atoms with Crippen molar-refractivity contribution in [3.8, 4) is 0 Å². The number of benzene rings is 1. The molecule has 0 bridgehead atoms. The third-order valence-corrected chi connectivity index (χ3v) is 2.99. The zero-order valence-corrected chi connectivity index (χ0v) is 9.51. The molecule has 0 amide bonds. The maximum atomic E-state index is 5.95. The van der Waals surface area contributed by atoms with E-state index in [-0.39, 0.29) is 0 Å². The highest BCUT2D eigenvalue weighted by Crippen LogP contribution is 2.28. The highest BCUT2D eigenvalue weighted by atomic mass is 79.9. The third kappa shape index (κ3) is 1.38. The Morgan fingerprint density at radius 3 is 2.93 bits per heavy atom. The molecule has 2 rings (SSSR count). The minimum absolute atomic E-state index is 0.769. The minimum Gasteiger partial charge on any atom is -0.397 e. The summed E-state index contributed by atoms with van der Waals surface area (Å²) in [5, 5.41) is 1.03. The molecule has 0 aliphatic heterocycles. The Kier molecular flexibility index (Phi) is 2.42. The Labute approximate surface area is 91.3 Å². The summed E-state index contributed by atoms with van der Waals surface area (Å²) in [7, 11) is 0. The zero-order chi connectivity index (χ0) is 10.1. The number of aromatic nitrogens is 1. The van der Waals surface area contributed by atoms with Crippen LogP contribution >= 0.6 is 15.9 Å². The summed E-state index contributed by atoms with van der Waals surface area (Å²) in [6.45, 7) is 2.12. The second-order valence-corrected chi connectivity index (χ2v) is 4.04. The smallest absolute Gasteiger partial charge is 0.0755 e. The van der Waals surface area contributed by atoms with Gasteiger partial charge in [-0.3, -0.25) is 4.98 Å². The molecule has 0 saturated carbocycles. The molecule has 0 atom stereocenters. The highest BCUT2D eigenvalue weighted by molar-refractivity contribution is 9.10. The molecular weight excluding hydrogens is 240 g/mol. The van der Waals surface area contributed by atoms with Crippen LogP contribution in [-0.4, -0.2) is 4.98 Å². The first kappa shape index (κ1) is 9.46. The van der Waals surface area contributed by atoms with Crippen LogP contribution in [0.5, 0.6) is 0 Å². The van der Waals surface area contributed by atoms with Crippen molar-refractivity contribution in [2.24, 2.45) is 0 Å². The first-order valence-corrected chi connectivity index (χ1v) is 5.35. The molecule has 14 heavy (non-hydrogen) atoms. The summed E-state index contributed by atoms with van der Waals surface area (Å²) in [6.07, 6.45) is 2.74. The molecule has 0 aliphatic rings. The van der Waals surface area contributed by atoms with E-state index < -0.39 is 0 Å². The number of aryl methyl sites for hydroxylation is 1. The molecule has 72 valence electrons. The molecule has 1 heterocycles. The Morgan fingerprint density at radius 2 is 2.21 bits per heavy atom. The maximum Gasteiger partial charge on any atom is 0.0755 e. The number of rotatable bonds is 1. The third-order valence-electron chi connectivity index (χ3n) is 2.35. The average molecular weight is 251 g/mol. The second-order valence-electron chi connectivity index (χ2n) is 3.19. The van der Waals surface area contributed by atoms with Gasteiger partial charge in [0.2, 0.25) is 0 Å². The van der Waals surface area contributed by atoms with Gasteiger partial charge in [-0.2, -0.15) is 0 Å². The molecule has 0 radical (unpaired) electrons.